The van der Waals surface area contributed by atoms with Crippen LogP contribution in [0.25, 0.3) is 0 Å². The lowest BCUT2D eigenvalue weighted by Gasteiger charge is -2.35. The van der Waals surface area contributed by atoms with E-state index in [1.165, 1.54) is 0 Å². The first-order chi connectivity index (χ1) is 9.93. The Morgan fingerprint density at radius 3 is 2.33 bits per heavy atom. The summed E-state index contributed by atoms with van der Waals surface area (Å²) in [6, 6.07) is -0.399. The molecule has 1 saturated heterocycles. The van der Waals surface area contributed by atoms with Crippen molar-refractivity contribution in [1.82, 2.24) is 15.1 Å². The van der Waals surface area contributed by atoms with Gasteiger partial charge in [-0.1, -0.05) is 20.8 Å². The van der Waals surface area contributed by atoms with Gasteiger partial charge < -0.3 is 16.0 Å². The first-order valence-electron chi connectivity index (χ1n) is 7.97. The van der Waals surface area contributed by atoms with Crippen molar-refractivity contribution in [3.8, 4) is 0 Å². The molecule has 1 unspecified atom stereocenters. The Morgan fingerprint density at radius 1 is 1.19 bits per heavy atom. The molecule has 1 atom stereocenters. The SMILES string of the molecule is CCCNC(=O)CN1CCN(C(=O)C(N)CC(C)C)CC1. The van der Waals surface area contributed by atoms with Crippen molar-refractivity contribution in [2.75, 3.05) is 39.3 Å². The summed E-state index contributed by atoms with van der Waals surface area (Å²) in [4.78, 5) is 27.8. The third-order valence-corrected chi connectivity index (χ3v) is 3.67. The summed E-state index contributed by atoms with van der Waals surface area (Å²) in [6.07, 6.45) is 1.67. The van der Waals surface area contributed by atoms with Crippen LogP contribution in [0.2, 0.25) is 0 Å². The van der Waals surface area contributed by atoms with Gasteiger partial charge in [-0.25, -0.2) is 0 Å². The quantitative estimate of drug-likeness (QED) is 0.695. The number of nitrogens with zero attached hydrogens (tertiary/aromatic N) is 2. The molecule has 21 heavy (non-hydrogen) atoms. The Kier molecular flexibility index (Phi) is 7.67. The summed E-state index contributed by atoms with van der Waals surface area (Å²) < 4.78 is 0. The maximum Gasteiger partial charge on any atom is 0.239 e. The maximum atomic E-state index is 12.2. The number of rotatable bonds is 7. The highest BCUT2D eigenvalue weighted by Gasteiger charge is 2.26. The summed E-state index contributed by atoms with van der Waals surface area (Å²) in [6.45, 7) is 10.1. The maximum absolute atomic E-state index is 12.2. The number of hydrogen-bond acceptors (Lipinski definition) is 4. The van der Waals surface area contributed by atoms with Crippen molar-refractivity contribution in [2.45, 2.75) is 39.7 Å². The Bertz CT molecular complexity index is 339. The molecule has 0 bridgehead atoms. The van der Waals surface area contributed by atoms with E-state index in [1.807, 2.05) is 11.8 Å². The van der Waals surface area contributed by atoms with Gasteiger partial charge >= 0.3 is 0 Å². The van der Waals surface area contributed by atoms with Crippen LogP contribution >= 0.6 is 0 Å². The molecule has 0 spiro atoms. The highest BCUT2D eigenvalue weighted by atomic mass is 16.2. The molecule has 0 aliphatic carbocycles. The van der Waals surface area contributed by atoms with Crippen LogP contribution in [0.15, 0.2) is 0 Å². The number of amides is 2. The molecule has 6 heteroatoms. The van der Waals surface area contributed by atoms with E-state index in [1.54, 1.807) is 0 Å². The Labute approximate surface area is 128 Å². The minimum atomic E-state index is -0.399. The molecule has 1 heterocycles. The van der Waals surface area contributed by atoms with Gasteiger partial charge in [0.25, 0.3) is 0 Å². The van der Waals surface area contributed by atoms with Crippen molar-refractivity contribution >= 4 is 11.8 Å². The molecular formula is C15H30N4O2. The van der Waals surface area contributed by atoms with Crippen molar-refractivity contribution in [2.24, 2.45) is 11.7 Å². The molecule has 0 aromatic rings. The lowest BCUT2D eigenvalue weighted by molar-refractivity contribution is -0.135. The van der Waals surface area contributed by atoms with Crippen LogP contribution < -0.4 is 11.1 Å². The fraction of sp³-hybridized carbons (Fsp3) is 0.867. The van der Waals surface area contributed by atoms with Gasteiger partial charge in [0.05, 0.1) is 12.6 Å². The Morgan fingerprint density at radius 2 is 1.81 bits per heavy atom. The van der Waals surface area contributed by atoms with Crippen molar-refractivity contribution < 1.29 is 9.59 Å². The van der Waals surface area contributed by atoms with Gasteiger partial charge in [-0.15, -0.1) is 0 Å². The van der Waals surface area contributed by atoms with Gasteiger partial charge in [0, 0.05) is 32.7 Å². The first kappa shape index (κ1) is 17.9. The molecular weight excluding hydrogens is 268 g/mol. The predicted molar refractivity (Wildman–Crippen MR) is 83.8 cm³/mol. The summed E-state index contributed by atoms with van der Waals surface area (Å²) in [5.41, 5.74) is 5.95. The summed E-state index contributed by atoms with van der Waals surface area (Å²) in [5, 5.41) is 2.87. The Hall–Kier alpha value is -1.14. The number of hydrogen-bond donors (Lipinski definition) is 2. The molecule has 6 nitrogen and oxygen atoms in total. The van der Waals surface area contributed by atoms with E-state index in [0.717, 1.165) is 32.5 Å². The van der Waals surface area contributed by atoms with Crippen molar-refractivity contribution in [3.63, 3.8) is 0 Å². The molecule has 1 aliphatic heterocycles. The highest BCUT2D eigenvalue weighted by molar-refractivity contribution is 5.82. The van der Waals surface area contributed by atoms with E-state index in [0.29, 0.717) is 25.6 Å². The van der Waals surface area contributed by atoms with E-state index in [-0.39, 0.29) is 11.8 Å². The Balaban J connectivity index is 2.31. The molecule has 1 aliphatic rings. The van der Waals surface area contributed by atoms with Crippen LogP contribution in [0.4, 0.5) is 0 Å². The third-order valence-electron chi connectivity index (χ3n) is 3.67. The van der Waals surface area contributed by atoms with Crippen LogP contribution in [0.1, 0.15) is 33.6 Å². The number of nitrogens with two attached hydrogens (primary N) is 1. The predicted octanol–water partition coefficient (Wildman–Crippen LogP) is 0.0302. The molecule has 3 N–H and O–H groups in total. The van der Waals surface area contributed by atoms with Gasteiger partial charge in [-0.05, 0) is 18.8 Å². The fourth-order valence-electron chi connectivity index (χ4n) is 2.49. The highest BCUT2D eigenvalue weighted by Crippen LogP contribution is 2.08. The number of carbonyl (C=O) groups excluding carboxylic acids is 2. The molecule has 0 aromatic heterocycles. The van der Waals surface area contributed by atoms with Crippen molar-refractivity contribution in [1.29, 1.82) is 0 Å². The smallest absolute Gasteiger partial charge is 0.239 e. The lowest BCUT2D eigenvalue weighted by atomic mass is 10.0. The second-order valence-electron chi connectivity index (χ2n) is 6.19. The van der Waals surface area contributed by atoms with Crippen LogP contribution in [0.5, 0.6) is 0 Å². The fourth-order valence-corrected chi connectivity index (χ4v) is 2.49. The standard InChI is InChI=1S/C15H30N4O2/c1-4-5-17-14(20)11-18-6-8-19(9-7-18)15(21)13(16)10-12(2)3/h12-13H,4-11,16H2,1-3H3,(H,17,20). The molecule has 1 fully saturated rings. The number of carbonyl (C=O) groups is 2. The first-order valence-corrected chi connectivity index (χ1v) is 7.97. The second-order valence-corrected chi connectivity index (χ2v) is 6.19. The molecule has 1 rings (SSSR count). The van der Waals surface area contributed by atoms with Gasteiger partial charge in [-0.2, -0.15) is 0 Å². The summed E-state index contributed by atoms with van der Waals surface area (Å²) in [7, 11) is 0. The largest absolute Gasteiger partial charge is 0.355 e. The molecule has 0 saturated carbocycles. The van der Waals surface area contributed by atoms with E-state index >= 15 is 0 Å². The lowest BCUT2D eigenvalue weighted by Crippen LogP contribution is -2.54. The summed E-state index contributed by atoms with van der Waals surface area (Å²) >= 11 is 0. The topological polar surface area (TPSA) is 78.7 Å². The normalized spacial score (nSPS) is 17.9. The van der Waals surface area contributed by atoms with Gasteiger partial charge in [0.1, 0.15) is 0 Å². The summed E-state index contributed by atoms with van der Waals surface area (Å²) in [5.74, 6) is 0.527. The van der Waals surface area contributed by atoms with Crippen LogP contribution in [0, 0.1) is 5.92 Å². The van der Waals surface area contributed by atoms with Crippen LogP contribution in [-0.4, -0.2) is 66.9 Å². The molecule has 0 radical (unpaired) electrons. The van der Waals surface area contributed by atoms with Gasteiger partial charge in [0.2, 0.25) is 11.8 Å². The van der Waals surface area contributed by atoms with E-state index in [2.05, 4.69) is 24.1 Å². The minimum absolute atomic E-state index is 0.0405. The van der Waals surface area contributed by atoms with Gasteiger partial charge in [0.15, 0.2) is 0 Å². The minimum Gasteiger partial charge on any atom is -0.355 e. The van der Waals surface area contributed by atoms with E-state index in [9.17, 15) is 9.59 Å². The number of nitrogens with one attached hydrogen (secondary N) is 1. The average molecular weight is 298 g/mol. The molecule has 122 valence electrons. The monoisotopic (exact) mass is 298 g/mol. The number of piperazine rings is 1. The zero-order chi connectivity index (χ0) is 15.8. The third kappa shape index (κ3) is 6.44. The zero-order valence-corrected chi connectivity index (χ0v) is 13.6. The van der Waals surface area contributed by atoms with Crippen molar-refractivity contribution in [3.05, 3.63) is 0 Å². The average Bonchev–Trinajstić information content (AvgIpc) is 2.44. The molecule has 0 aromatic carbocycles. The molecule has 2 amide bonds. The van der Waals surface area contributed by atoms with E-state index < -0.39 is 6.04 Å². The van der Waals surface area contributed by atoms with Crippen LogP contribution in [0.3, 0.4) is 0 Å². The zero-order valence-electron chi connectivity index (χ0n) is 13.6. The van der Waals surface area contributed by atoms with E-state index in [4.69, 9.17) is 5.73 Å². The second kappa shape index (κ2) is 9.00. The van der Waals surface area contributed by atoms with Gasteiger partial charge in [-0.3, -0.25) is 14.5 Å². The van der Waals surface area contributed by atoms with Crippen LogP contribution in [-0.2, 0) is 9.59 Å².